The van der Waals surface area contributed by atoms with Gasteiger partial charge in [0.15, 0.2) is 0 Å². The molecule has 3 aliphatic rings. The first kappa shape index (κ1) is 15.4. The molecule has 2 atom stereocenters. The van der Waals surface area contributed by atoms with Crippen LogP contribution in [0.3, 0.4) is 0 Å². The summed E-state index contributed by atoms with van der Waals surface area (Å²) in [5.41, 5.74) is 7.10. The molecule has 134 valence electrons. The Bertz CT molecular complexity index is 1270. The maximum atomic E-state index is 5.27. The van der Waals surface area contributed by atoms with Crippen molar-refractivity contribution in [2.45, 2.75) is 33.6 Å². The Morgan fingerprint density at radius 1 is 0.926 bits per heavy atom. The van der Waals surface area contributed by atoms with Crippen LogP contribution >= 0.6 is 0 Å². The number of rotatable bonds is 0. The van der Waals surface area contributed by atoms with E-state index in [2.05, 4.69) is 68.2 Å². The van der Waals surface area contributed by atoms with Crippen LogP contribution in [0.4, 0.5) is 11.4 Å². The van der Waals surface area contributed by atoms with E-state index in [9.17, 15) is 0 Å². The van der Waals surface area contributed by atoms with Crippen LogP contribution in [0.2, 0.25) is 0 Å². The second kappa shape index (κ2) is 4.78. The minimum absolute atomic E-state index is 0.104. The third-order valence-corrected chi connectivity index (χ3v) is 7.65. The Morgan fingerprint density at radius 3 is 2.44 bits per heavy atom. The summed E-state index contributed by atoms with van der Waals surface area (Å²) >= 11 is 0. The number of aromatic nitrogens is 1. The van der Waals surface area contributed by atoms with Crippen LogP contribution < -0.4 is 10.7 Å². The van der Waals surface area contributed by atoms with Gasteiger partial charge in [-0.1, -0.05) is 51.1 Å². The molecule has 2 aromatic carbocycles. The molecule has 2 heterocycles. The molecule has 2 saturated carbocycles. The minimum atomic E-state index is 0.104. The first-order valence-corrected chi connectivity index (χ1v) is 9.89. The number of aromatic amines is 1. The van der Waals surface area contributed by atoms with Gasteiger partial charge >= 0.3 is 0 Å². The number of para-hydroxylation sites is 3. The van der Waals surface area contributed by atoms with Gasteiger partial charge in [-0.2, -0.15) is 0 Å². The molecule has 0 spiro atoms. The standard InChI is InChI=1S/C24H23N3/c1-23(2)15-12-13-24(23,3)21-20(15)19-14-8-4-5-9-16(14)26-22(19)27-18-11-7-6-10-17(18)25-21/h4-11,15H,12-13H2,1-3H3,(H,26,27). The molecular weight excluding hydrogens is 330 g/mol. The summed E-state index contributed by atoms with van der Waals surface area (Å²) in [6.07, 6.45) is 2.45. The van der Waals surface area contributed by atoms with Gasteiger partial charge in [0.2, 0.25) is 0 Å². The number of fused-ring (bicyclic) bond motifs is 9. The lowest BCUT2D eigenvalue weighted by Crippen LogP contribution is -2.35. The number of benzene rings is 2. The maximum absolute atomic E-state index is 5.27. The SMILES string of the molecule is CC12CCC(/C3=c4\c([nH]c5ccccc45)=Nc4ccccc4N=C31)C2(C)C. The van der Waals surface area contributed by atoms with E-state index >= 15 is 0 Å². The van der Waals surface area contributed by atoms with Gasteiger partial charge in [-0.15, -0.1) is 0 Å². The zero-order valence-electron chi connectivity index (χ0n) is 16.0. The topological polar surface area (TPSA) is 40.5 Å². The van der Waals surface area contributed by atoms with Crippen molar-refractivity contribution in [2.24, 2.45) is 26.7 Å². The molecule has 1 N–H and O–H groups in total. The Balaban J connectivity index is 1.89. The fourth-order valence-electron chi connectivity index (χ4n) is 5.75. The number of nitrogens with one attached hydrogen (secondary N) is 1. The van der Waals surface area contributed by atoms with Crippen molar-refractivity contribution in [3.05, 3.63) is 59.2 Å². The molecule has 2 aliphatic carbocycles. The zero-order chi connectivity index (χ0) is 18.4. The van der Waals surface area contributed by atoms with Crippen molar-refractivity contribution in [2.75, 3.05) is 0 Å². The lowest BCUT2D eigenvalue weighted by molar-refractivity contribution is 0.206. The van der Waals surface area contributed by atoms with Crippen molar-refractivity contribution in [3.8, 4) is 0 Å². The Hall–Kier alpha value is -2.68. The lowest BCUT2D eigenvalue weighted by Gasteiger charge is -2.34. The van der Waals surface area contributed by atoms with Crippen LogP contribution in [0.5, 0.6) is 0 Å². The average molecular weight is 353 g/mol. The molecule has 2 bridgehead atoms. The van der Waals surface area contributed by atoms with Crippen LogP contribution in [0.1, 0.15) is 33.6 Å². The molecule has 0 saturated heterocycles. The van der Waals surface area contributed by atoms with Gasteiger partial charge in [0.1, 0.15) is 5.49 Å². The number of H-pyrrole nitrogens is 1. The van der Waals surface area contributed by atoms with Gasteiger partial charge in [-0.05, 0) is 47.9 Å². The smallest absolute Gasteiger partial charge is 0.139 e. The van der Waals surface area contributed by atoms with Gasteiger partial charge in [0.25, 0.3) is 0 Å². The summed E-state index contributed by atoms with van der Waals surface area (Å²) in [5.74, 6) is 0.527. The maximum Gasteiger partial charge on any atom is 0.139 e. The first-order valence-electron chi connectivity index (χ1n) is 9.89. The summed E-state index contributed by atoms with van der Waals surface area (Å²) < 4.78 is 0. The second-order valence-electron chi connectivity index (χ2n) is 9.01. The highest BCUT2D eigenvalue weighted by molar-refractivity contribution is 6.27. The van der Waals surface area contributed by atoms with Crippen LogP contribution in [0.15, 0.2) is 58.5 Å². The van der Waals surface area contributed by atoms with Crippen LogP contribution in [0, 0.1) is 16.7 Å². The molecule has 2 fully saturated rings. The Labute approximate surface area is 158 Å². The van der Waals surface area contributed by atoms with E-state index in [1.807, 2.05) is 6.07 Å². The lowest BCUT2D eigenvalue weighted by atomic mass is 9.70. The van der Waals surface area contributed by atoms with Gasteiger partial charge in [-0.25, -0.2) is 4.99 Å². The van der Waals surface area contributed by atoms with E-state index in [1.54, 1.807) is 0 Å². The zero-order valence-corrected chi connectivity index (χ0v) is 16.0. The van der Waals surface area contributed by atoms with Crippen molar-refractivity contribution in [1.82, 2.24) is 4.98 Å². The molecule has 0 radical (unpaired) electrons. The minimum Gasteiger partial charge on any atom is -0.339 e. The summed E-state index contributed by atoms with van der Waals surface area (Å²) in [7, 11) is 0. The summed E-state index contributed by atoms with van der Waals surface area (Å²) in [6.45, 7) is 7.29. The van der Waals surface area contributed by atoms with E-state index in [0.717, 1.165) is 22.4 Å². The van der Waals surface area contributed by atoms with Crippen molar-refractivity contribution in [1.29, 1.82) is 0 Å². The number of hydrogen-bond acceptors (Lipinski definition) is 2. The third kappa shape index (κ3) is 1.73. The van der Waals surface area contributed by atoms with Gasteiger partial charge < -0.3 is 4.98 Å². The average Bonchev–Trinajstić information content (AvgIpc) is 3.15. The van der Waals surface area contributed by atoms with Crippen LogP contribution in [-0.4, -0.2) is 10.7 Å². The molecule has 2 unspecified atom stereocenters. The summed E-state index contributed by atoms with van der Waals surface area (Å²) in [5, 5.41) is 2.55. The molecule has 1 aliphatic heterocycles. The molecule has 1 aromatic heterocycles. The number of nitrogens with zero attached hydrogens (tertiary/aromatic N) is 2. The van der Waals surface area contributed by atoms with Crippen LogP contribution in [0.25, 0.3) is 16.5 Å². The predicted molar refractivity (Wildman–Crippen MR) is 110 cm³/mol. The van der Waals surface area contributed by atoms with E-state index in [0.29, 0.717) is 5.92 Å². The number of hydrogen-bond donors (Lipinski definition) is 1. The molecule has 3 aromatic rings. The van der Waals surface area contributed by atoms with E-state index in [1.165, 1.54) is 34.7 Å². The molecule has 27 heavy (non-hydrogen) atoms. The summed E-state index contributed by atoms with van der Waals surface area (Å²) in [4.78, 5) is 13.9. The van der Waals surface area contributed by atoms with Crippen molar-refractivity contribution in [3.63, 3.8) is 0 Å². The van der Waals surface area contributed by atoms with Crippen LogP contribution in [-0.2, 0) is 0 Å². The van der Waals surface area contributed by atoms with E-state index in [-0.39, 0.29) is 10.8 Å². The second-order valence-corrected chi connectivity index (χ2v) is 9.01. The van der Waals surface area contributed by atoms with Gasteiger partial charge in [0.05, 0.1) is 17.1 Å². The quantitative estimate of drug-likeness (QED) is 0.602. The molecule has 3 nitrogen and oxygen atoms in total. The van der Waals surface area contributed by atoms with E-state index in [4.69, 9.17) is 9.98 Å². The fraction of sp³-hybridized carbons (Fsp3) is 0.333. The van der Waals surface area contributed by atoms with Gasteiger partial charge in [-0.3, -0.25) is 4.99 Å². The predicted octanol–water partition coefficient (Wildman–Crippen LogP) is 4.81. The summed E-state index contributed by atoms with van der Waals surface area (Å²) in [6, 6.07) is 16.9. The molecular formula is C24H23N3. The normalized spacial score (nSPS) is 29.3. The Kier molecular flexibility index (Phi) is 2.72. The van der Waals surface area contributed by atoms with Crippen molar-refractivity contribution >= 4 is 33.6 Å². The molecule has 0 amide bonds. The van der Waals surface area contributed by atoms with Crippen molar-refractivity contribution < 1.29 is 0 Å². The van der Waals surface area contributed by atoms with Gasteiger partial charge in [0, 0.05) is 21.5 Å². The molecule has 6 rings (SSSR count). The Morgan fingerprint density at radius 2 is 1.63 bits per heavy atom. The highest BCUT2D eigenvalue weighted by Crippen LogP contribution is 2.66. The first-order chi connectivity index (χ1) is 13.0. The monoisotopic (exact) mass is 353 g/mol. The highest BCUT2D eigenvalue weighted by atomic mass is 14.9. The highest BCUT2D eigenvalue weighted by Gasteiger charge is 2.62. The fourth-order valence-corrected chi connectivity index (χ4v) is 5.75. The third-order valence-electron chi connectivity index (χ3n) is 7.65. The largest absolute Gasteiger partial charge is 0.339 e. The molecule has 3 heteroatoms. The van der Waals surface area contributed by atoms with E-state index < -0.39 is 0 Å². The number of aliphatic imine (C=N–C) groups is 1.